The zero-order chi connectivity index (χ0) is 15.8. The van der Waals surface area contributed by atoms with Crippen LogP contribution >= 0.6 is 0 Å². The summed E-state index contributed by atoms with van der Waals surface area (Å²) in [6.45, 7) is 0. The molecule has 2 aromatic rings. The maximum absolute atomic E-state index is 12.8. The van der Waals surface area contributed by atoms with Crippen LogP contribution in [-0.2, 0) is 4.79 Å². The fourth-order valence-corrected chi connectivity index (χ4v) is 4.66. The lowest BCUT2D eigenvalue weighted by molar-refractivity contribution is -0.132. The van der Waals surface area contributed by atoms with E-state index in [0.717, 1.165) is 6.42 Å². The zero-order valence-corrected chi connectivity index (χ0v) is 13.1. The Morgan fingerprint density at radius 2 is 1.30 bits per heavy atom. The summed E-state index contributed by atoms with van der Waals surface area (Å²) in [6.07, 6.45) is 1.77. The summed E-state index contributed by atoms with van der Waals surface area (Å²) >= 11 is 0. The van der Waals surface area contributed by atoms with E-state index in [-0.39, 0.29) is 29.8 Å². The van der Waals surface area contributed by atoms with E-state index < -0.39 is 0 Å². The molecule has 2 bridgehead atoms. The average molecular weight is 306 g/mol. The molecule has 0 aromatic heterocycles. The Kier molecular flexibility index (Phi) is 3.78. The Hall–Kier alpha value is -1.93. The number of fused-ring (bicyclic) bond motifs is 2. The molecule has 1 N–H and O–H groups in total. The third-order valence-electron chi connectivity index (χ3n) is 5.81. The van der Waals surface area contributed by atoms with Gasteiger partial charge in [0.15, 0.2) is 0 Å². The van der Waals surface area contributed by atoms with Gasteiger partial charge in [-0.25, -0.2) is 0 Å². The van der Waals surface area contributed by atoms with E-state index in [9.17, 15) is 9.90 Å². The van der Waals surface area contributed by atoms with E-state index in [4.69, 9.17) is 0 Å². The van der Waals surface area contributed by atoms with E-state index in [1.54, 1.807) is 0 Å². The van der Waals surface area contributed by atoms with Gasteiger partial charge in [-0.1, -0.05) is 60.7 Å². The molecule has 0 unspecified atom stereocenters. The highest BCUT2D eigenvalue weighted by molar-refractivity contribution is 5.84. The third kappa shape index (κ3) is 2.61. The summed E-state index contributed by atoms with van der Waals surface area (Å²) in [6, 6.07) is 20.5. The van der Waals surface area contributed by atoms with E-state index >= 15 is 0 Å². The summed E-state index contributed by atoms with van der Waals surface area (Å²) in [7, 11) is 0. The molecule has 23 heavy (non-hydrogen) atoms. The molecule has 0 heterocycles. The fraction of sp³-hybridized carbons (Fsp3) is 0.381. The largest absolute Gasteiger partial charge is 0.393 e. The second-order valence-corrected chi connectivity index (χ2v) is 7.01. The summed E-state index contributed by atoms with van der Waals surface area (Å²) in [4.78, 5) is 12.8. The van der Waals surface area contributed by atoms with Gasteiger partial charge in [-0.05, 0) is 41.7 Å². The van der Waals surface area contributed by atoms with Crippen LogP contribution < -0.4 is 0 Å². The Balaban J connectivity index is 1.64. The van der Waals surface area contributed by atoms with E-state index in [1.165, 1.54) is 11.1 Å². The Morgan fingerprint density at radius 1 is 0.739 bits per heavy atom. The van der Waals surface area contributed by atoms with Crippen LogP contribution in [0.15, 0.2) is 60.7 Å². The lowest BCUT2D eigenvalue weighted by atomic mass is 9.58. The van der Waals surface area contributed by atoms with Crippen LogP contribution in [0.2, 0.25) is 0 Å². The third-order valence-corrected chi connectivity index (χ3v) is 5.81. The Bertz CT molecular complexity index is 642. The SMILES string of the molecule is O=C1C[C@@H](c2ccccc2)[C@H]2C[C@H]1[C@H](c1ccccc1)C[C@H]2O. The molecule has 0 aliphatic heterocycles. The number of Topliss-reactive ketones (excluding diaryl/α,β-unsaturated/α-hetero) is 1. The summed E-state index contributed by atoms with van der Waals surface area (Å²) < 4.78 is 0. The Morgan fingerprint density at radius 3 is 1.91 bits per heavy atom. The molecular formula is C21H22O2. The van der Waals surface area contributed by atoms with Crippen molar-refractivity contribution in [3.05, 3.63) is 71.8 Å². The predicted molar refractivity (Wildman–Crippen MR) is 90.2 cm³/mol. The highest BCUT2D eigenvalue weighted by Gasteiger charge is 2.48. The number of carbonyl (C=O) groups is 1. The number of ketones is 1. The molecule has 2 aliphatic rings. The lowest BCUT2D eigenvalue weighted by Gasteiger charge is -2.46. The van der Waals surface area contributed by atoms with E-state index in [0.29, 0.717) is 18.6 Å². The van der Waals surface area contributed by atoms with Crippen molar-refractivity contribution in [3.8, 4) is 0 Å². The number of aliphatic hydroxyl groups excluding tert-OH is 1. The van der Waals surface area contributed by atoms with Crippen molar-refractivity contribution in [3.63, 3.8) is 0 Å². The number of aliphatic hydroxyl groups is 1. The monoisotopic (exact) mass is 306 g/mol. The van der Waals surface area contributed by atoms with Crippen LogP contribution in [0.1, 0.15) is 42.2 Å². The van der Waals surface area contributed by atoms with Crippen molar-refractivity contribution in [2.24, 2.45) is 11.8 Å². The highest BCUT2D eigenvalue weighted by atomic mass is 16.3. The molecule has 118 valence electrons. The first-order chi connectivity index (χ1) is 11.2. The van der Waals surface area contributed by atoms with Gasteiger partial charge in [0.1, 0.15) is 5.78 Å². The van der Waals surface area contributed by atoms with Crippen LogP contribution in [0.25, 0.3) is 0 Å². The number of hydrogen-bond acceptors (Lipinski definition) is 2. The molecule has 2 saturated carbocycles. The van der Waals surface area contributed by atoms with Crippen molar-refractivity contribution in [2.45, 2.75) is 37.2 Å². The first kappa shape index (κ1) is 14.6. The molecule has 5 atom stereocenters. The first-order valence-electron chi connectivity index (χ1n) is 8.54. The quantitative estimate of drug-likeness (QED) is 0.913. The number of benzene rings is 2. The van der Waals surface area contributed by atoms with Gasteiger partial charge in [-0.15, -0.1) is 0 Å². The predicted octanol–water partition coefficient (Wildman–Crippen LogP) is 3.91. The molecule has 2 aromatic carbocycles. The smallest absolute Gasteiger partial charge is 0.137 e. The molecule has 0 spiro atoms. The molecule has 2 heteroatoms. The molecule has 0 radical (unpaired) electrons. The van der Waals surface area contributed by atoms with Gasteiger partial charge in [-0.3, -0.25) is 4.79 Å². The second-order valence-electron chi connectivity index (χ2n) is 7.01. The lowest BCUT2D eigenvalue weighted by Crippen LogP contribution is -2.45. The minimum absolute atomic E-state index is 0.0748. The van der Waals surface area contributed by atoms with Crippen molar-refractivity contribution < 1.29 is 9.90 Å². The maximum atomic E-state index is 12.8. The van der Waals surface area contributed by atoms with Crippen molar-refractivity contribution in [2.75, 3.05) is 0 Å². The summed E-state index contributed by atoms with van der Waals surface area (Å²) in [5.41, 5.74) is 2.39. The molecule has 4 rings (SSSR count). The molecule has 2 nitrogen and oxygen atoms in total. The normalized spacial score (nSPS) is 33.4. The number of carbonyl (C=O) groups excluding carboxylic acids is 1. The van der Waals surface area contributed by atoms with E-state index in [1.807, 2.05) is 36.4 Å². The molecular weight excluding hydrogens is 284 g/mol. The van der Waals surface area contributed by atoms with Crippen LogP contribution in [0, 0.1) is 11.8 Å². The topological polar surface area (TPSA) is 37.3 Å². The van der Waals surface area contributed by atoms with Crippen LogP contribution in [0.3, 0.4) is 0 Å². The molecule has 0 saturated heterocycles. The van der Waals surface area contributed by atoms with Crippen LogP contribution in [0.4, 0.5) is 0 Å². The standard InChI is InChI=1S/C21H22O2/c22-20-12-16(14-7-3-1-4-8-14)18-11-19(20)17(13-21(18)23)15-9-5-2-6-10-15/h1-10,16-20,22H,11-13H2/t16-,17-,18-,19+,20+/m0/s1. The first-order valence-corrected chi connectivity index (χ1v) is 8.54. The summed E-state index contributed by atoms with van der Waals surface area (Å²) in [5.74, 6) is 1.00. The van der Waals surface area contributed by atoms with Crippen molar-refractivity contribution in [1.82, 2.24) is 0 Å². The van der Waals surface area contributed by atoms with Crippen LogP contribution in [0.5, 0.6) is 0 Å². The molecule has 2 aliphatic carbocycles. The van der Waals surface area contributed by atoms with Gasteiger partial charge in [-0.2, -0.15) is 0 Å². The second kappa shape index (κ2) is 5.93. The van der Waals surface area contributed by atoms with Gasteiger partial charge in [0.05, 0.1) is 6.10 Å². The van der Waals surface area contributed by atoms with Gasteiger partial charge >= 0.3 is 0 Å². The molecule has 2 fully saturated rings. The fourth-order valence-electron chi connectivity index (χ4n) is 4.66. The Labute approximate surface area is 137 Å². The average Bonchev–Trinajstić information content (AvgIpc) is 2.61. The minimum atomic E-state index is -0.324. The van der Waals surface area contributed by atoms with Gasteiger partial charge in [0.25, 0.3) is 0 Å². The van der Waals surface area contributed by atoms with Gasteiger partial charge in [0.2, 0.25) is 0 Å². The van der Waals surface area contributed by atoms with Crippen molar-refractivity contribution >= 4 is 5.78 Å². The number of hydrogen-bond donors (Lipinski definition) is 1. The zero-order valence-electron chi connectivity index (χ0n) is 13.1. The highest BCUT2D eigenvalue weighted by Crippen LogP contribution is 2.51. The van der Waals surface area contributed by atoms with Gasteiger partial charge in [0, 0.05) is 12.3 Å². The molecule has 0 amide bonds. The summed E-state index contributed by atoms with van der Waals surface area (Å²) in [5, 5.41) is 10.8. The minimum Gasteiger partial charge on any atom is -0.393 e. The number of rotatable bonds is 2. The van der Waals surface area contributed by atoms with Crippen molar-refractivity contribution in [1.29, 1.82) is 0 Å². The maximum Gasteiger partial charge on any atom is 0.137 e. The van der Waals surface area contributed by atoms with Gasteiger partial charge < -0.3 is 5.11 Å². The van der Waals surface area contributed by atoms with Crippen LogP contribution in [-0.4, -0.2) is 17.0 Å². The van der Waals surface area contributed by atoms with E-state index in [2.05, 4.69) is 24.3 Å².